The number of hydrogen-bond donors (Lipinski definition) is 0. The van der Waals surface area contributed by atoms with Gasteiger partial charge in [-0.15, -0.1) is 35.4 Å². The quantitative estimate of drug-likeness (QED) is 0.547. The molecule has 0 saturated carbocycles. The molecule has 17 heavy (non-hydrogen) atoms. The molecule has 0 aromatic heterocycles. The molecule has 0 aliphatic carbocycles. The summed E-state index contributed by atoms with van der Waals surface area (Å²) in [4.78, 5) is 0. The molecule has 0 saturated heterocycles. The Hall–Kier alpha value is 0.179. The second kappa shape index (κ2) is 6.94. The van der Waals surface area contributed by atoms with Crippen LogP contribution in [0.15, 0.2) is 48.5 Å². The number of rotatable bonds is 2. The van der Waals surface area contributed by atoms with Crippen LogP contribution >= 0.6 is 0 Å². The Morgan fingerprint density at radius 3 is 1.29 bits per heavy atom. The van der Waals surface area contributed by atoms with Gasteiger partial charge in [-0.25, -0.2) is 0 Å². The van der Waals surface area contributed by atoms with Crippen molar-refractivity contribution < 1.29 is 46.9 Å². The average Bonchev–Trinajstić information content (AvgIpc) is 2.30. The van der Waals surface area contributed by atoms with Crippen LogP contribution in [0.2, 0.25) is 0 Å². The van der Waals surface area contributed by atoms with Gasteiger partial charge < -0.3 is 12.6 Å². The Morgan fingerprint density at radius 2 is 1.00 bits per heavy atom. The third-order valence-corrected chi connectivity index (χ3v) is 3.10. The van der Waals surface area contributed by atoms with Gasteiger partial charge in [-0.05, 0) is 13.8 Å². The van der Waals surface area contributed by atoms with E-state index < -0.39 is 0 Å². The van der Waals surface area contributed by atoms with Crippen molar-refractivity contribution in [2.45, 2.75) is 13.8 Å². The van der Waals surface area contributed by atoms with Crippen LogP contribution in [0.25, 0.3) is 0 Å². The molecule has 0 unspecified atom stereocenters. The fourth-order valence-corrected chi connectivity index (χ4v) is 1.85. The zero-order valence-corrected chi connectivity index (χ0v) is 12.3. The molecule has 0 spiro atoms. The van der Waals surface area contributed by atoms with Crippen molar-refractivity contribution >= 4 is 12.6 Å². The predicted molar refractivity (Wildman–Crippen MR) is 71.2 cm³/mol. The van der Waals surface area contributed by atoms with E-state index in [4.69, 9.17) is 12.6 Å². The molecule has 0 N–H and O–H groups in total. The molecule has 0 heterocycles. The molecule has 2 rings (SSSR count). The minimum absolute atomic E-state index is 0. The van der Waals surface area contributed by atoms with Crippen LogP contribution in [0.3, 0.4) is 0 Å². The van der Waals surface area contributed by atoms with Crippen molar-refractivity contribution in [3.8, 4) is 0 Å². The molecule has 0 bridgehead atoms. The monoisotopic (exact) mass is 400 g/mol. The van der Waals surface area contributed by atoms with Crippen LogP contribution in [0.5, 0.6) is 0 Å². The SMILES string of the molecule is Cc1ccc([C-]([S-])c2ccc(C)cc2)cc1.[Yb+2]. The van der Waals surface area contributed by atoms with Crippen molar-refractivity contribution in [1.82, 2.24) is 0 Å². The Morgan fingerprint density at radius 1 is 0.706 bits per heavy atom. The first-order chi connectivity index (χ1) is 7.66. The summed E-state index contributed by atoms with van der Waals surface area (Å²) in [5.74, 6) is 0. The van der Waals surface area contributed by atoms with Gasteiger partial charge in [-0.3, -0.25) is 5.25 Å². The molecule has 0 nitrogen and oxygen atoms in total. The fourth-order valence-electron chi connectivity index (χ4n) is 1.58. The van der Waals surface area contributed by atoms with E-state index in [-0.39, 0.29) is 46.9 Å². The third-order valence-electron chi connectivity index (χ3n) is 2.63. The fraction of sp³-hybridized carbons (Fsp3) is 0.133. The summed E-state index contributed by atoms with van der Waals surface area (Å²) >= 11 is 5.47. The zero-order valence-electron chi connectivity index (χ0n) is 9.79. The first-order valence-electron chi connectivity index (χ1n) is 5.35. The van der Waals surface area contributed by atoms with Gasteiger partial charge in [0.2, 0.25) is 0 Å². The molecule has 2 aromatic rings. The minimum Gasteiger partial charge on any atom is -0.807 e. The Bertz CT molecular complexity index is 414. The van der Waals surface area contributed by atoms with Crippen LogP contribution in [-0.2, 0) is 12.6 Å². The summed E-state index contributed by atoms with van der Waals surface area (Å²) in [6.45, 7) is 4.16. The maximum absolute atomic E-state index is 5.47. The van der Waals surface area contributed by atoms with E-state index in [1.807, 2.05) is 0 Å². The second-order valence-corrected chi connectivity index (χ2v) is 4.47. The largest absolute Gasteiger partial charge is 2.00 e. The molecule has 94 valence electrons. The van der Waals surface area contributed by atoms with Crippen LogP contribution in [0.1, 0.15) is 22.3 Å². The number of aryl methyl sites for hydroxylation is 2. The molecule has 0 aliphatic heterocycles. The van der Waals surface area contributed by atoms with Crippen molar-refractivity contribution in [2.75, 3.05) is 0 Å². The third kappa shape index (κ3) is 4.10. The van der Waals surface area contributed by atoms with Crippen molar-refractivity contribution in [3.05, 3.63) is 76.0 Å². The van der Waals surface area contributed by atoms with E-state index in [0.717, 1.165) is 16.4 Å². The van der Waals surface area contributed by atoms with E-state index >= 15 is 0 Å². The maximum atomic E-state index is 5.47. The normalized spacial score (nSPS) is 9.59. The van der Waals surface area contributed by atoms with Gasteiger partial charge in [-0.1, -0.05) is 35.4 Å². The molecule has 0 radical (unpaired) electrons. The summed E-state index contributed by atoms with van der Waals surface area (Å²) in [7, 11) is 0. The molecule has 0 fully saturated rings. The number of benzene rings is 2. The molecule has 0 amide bonds. The summed E-state index contributed by atoms with van der Waals surface area (Å²) in [6, 6.07) is 16.7. The standard InChI is InChI=1S/C15H14S.Yb/c1-11-3-7-13(8-4-11)15(16)14-9-5-12(2)6-10-14;/h3-10H,1-2H3;/q-2;+2. The van der Waals surface area contributed by atoms with Gasteiger partial charge >= 0.3 is 46.9 Å². The maximum Gasteiger partial charge on any atom is 2.00 e. The first kappa shape index (κ1) is 15.2. The van der Waals surface area contributed by atoms with E-state index in [1.165, 1.54) is 11.1 Å². The van der Waals surface area contributed by atoms with E-state index in [0.29, 0.717) is 0 Å². The molecule has 0 aliphatic rings. The van der Waals surface area contributed by atoms with Gasteiger partial charge in [0, 0.05) is 0 Å². The molecule has 0 atom stereocenters. The van der Waals surface area contributed by atoms with Crippen molar-refractivity contribution in [1.29, 1.82) is 0 Å². The smallest absolute Gasteiger partial charge is 0.807 e. The van der Waals surface area contributed by atoms with Gasteiger partial charge in [0.1, 0.15) is 0 Å². The van der Waals surface area contributed by atoms with E-state index in [9.17, 15) is 0 Å². The van der Waals surface area contributed by atoms with Crippen LogP contribution in [-0.4, -0.2) is 0 Å². The Kier molecular flexibility index (Phi) is 6.22. The van der Waals surface area contributed by atoms with Crippen LogP contribution in [0, 0.1) is 66.0 Å². The van der Waals surface area contributed by atoms with E-state index in [1.54, 1.807) is 0 Å². The summed E-state index contributed by atoms with van der Waals surface area (Å²) in [5.41, 5.74) is 4.75. The van der Waals surface area contributed by atoms with Gasteiger partial charge in [-0.2, -0.15) is 0 Å². The number of hydrogen-bond acceptors (Lipinski definition) is 1. The van der Waals surface area contributed by atoms with Crippen molar-refractivity contribution in [3.63, 3.8) is 0 Å². The minimum atomic E-state index is 0. The van der Waals surface area contributed by atoms with Crippen LogP contribution < -0.4 is 0 Å². The molecular weight excluding hydrogens is 385 g/mol. The Labute approximate surface area is 147 Å². The summed E-state index contributed by atoms with van der Waals surface area (Å²) in [5, 5.41) is 0.917. The summed E-state index contributed by atoms with van der Waals surface area (Å²) in [6.07, 6.45) is 0. The molecular formula is C15H14SYb. The summed E-state index contributed by atoms with van der Waals surface area (Å²) < 4.78 is 0. The van der Waals surface area contributed by atoms with Gasteiger partial charge in [0.25, 0.3) is 0 Å². The molecule has 2 aromatic carbocycles. The van der Waals surface area contributed by atoms with Gasteiger partial charge in [0.15, 0.2) is 0 Å². The first-order valence-corrected chi connectivity index (χ1v) is 5.76. The van der Waals surface area contributed by atoms with E-state index in [2.05, 4.69) is 62.4 Å². The molecule has 2 heteroatoms. The zero-order chi connectivity index (χ0) is 11.5. The van der Waals surface area contributed by atoms with Gasteiger partial charge in [0.05, 0.1) is 0 Å². The Balaban J connectivity index is 0.00000144. The topological polar surface area (TPSA) is 0 Å². The van der Waals surface area contributed by atoms with Crippen molar-refractivity contribution in [2.24, 2.45) is 0 Å². The second-order valence-electron chi connectivity index (χ2n) is 4.06. The predicted octanol–water partition coefficient (Wildman–Crippen LogP) is 3.78. The van der Waals surface area contributed by atoms with Crippen LogP contribution in [0.4, 0.5) is 0 Å². The average molecular weight is 399 g/mol.